The number of carbonyl (C=O) groups is 2. The van der Waals surface area contributed by atoms with E-state index in [1.165, 1.54) is 17.3 Å². The third kappa shape index (κ3) is 3.98. The van der Waals surface area contributed by atoms with Crippen molar-refractivity contribution in [2.45, 2.75) is 38.1 Å². The molecule has 1 aliphatic rings. The highest BCUT2D eigenvalue weighted by Gasteiger charge is 2.27. The molecular formula is C23H26N4O4. The van der Waals surface area contributed by atoms with Gasteiger partial charge in [-0.3, -0.25) is 0 Å². The van der Waals surface area contributed by atoms with Crippen LogP contribution in [0.4, 0.5) is 15.3 Å². The number of rotatable bonds is 5. The Morgan fingerprint density at radius 2 is 2.10 bits per heavy atom. The number of aryl methyl sites for hydroxylation is 1. The molecule has 3 aromatic rings. The van der Waals surface area contributed by atoms with Crippen LogP contribution in [0.3, 0.4) is 0 Å². The number of nitrogens with zero attached hydrogens (tertiary/aromatic N) is 2. The first-order valence-electron chi connectivity index (χ1n) is 10.2. The molecule has 1 heterocycles. The van der Waals surface area contributed by atoms with Gasteiger partial charge in [0.2, 0.25) is 0 Å². The number of carboxylic acid groups (broad SMARTS) is 1. The second kappa shape index (κ2) is 8.03. The van der Waals surface area contributed by atoms with Crippen LogP contribution in [0.25, 0.3) is 10.9 Å². The Balaban J connectivity index is 1.49. The van der Waals surface area contributed by atoms with E-state index in [9.17, 15) is 14.7 Å². The van der Waals surface area contributed by atoms with E-state index < -0.39 is 6.09 Å². The van der Waals surface area contributed by atoms with Crippen molar-refractivity contribution in [3.05, 3.63) is 59.3 Å². The van der Waals surface area contributed by atoms with Gasteiger partial charge in [0.05, 0.1) is 30.0 Å². The summed E-state index contributed by atoms with van der Waals surface area (Å²) >= 11 is 0. The molecule has 0 fully saturated rings. The number of fused-ring (bicyclic) bond motifs is 2. The molecule has 8 heteroatoms. The Bertz CT molecular complexity index is 1150. The minimum absolute atomic E-state index is 0.0736. The van der Waals surface area contributed by atoms with Crippen LogP contribution >= 0.6 is 0 Å². The highest BCUT2D eigenvalue weighted by Crippen LogP contribution is 2.35. The third-order valence-corrected chi connectivity index (χ3v) is 5.86. The molecule has 4 rings (SSSR count). The molecule has 0 aliphatic heterocycles. The zero-order chi connectivity index (χ0) is 22.2. The first kappa shape index (κ1) is 20.9. The molecule has 3 N–H and O–H groups in total. The van der Waals surface area contributed by atoms with Crippen LogP contribution < -0.4 is 10.6 Å². The number of aromatic nitrogens is 2. The molecule has 31 heavy (non-hydrogen) atoms. The van der Waals surface area contributed by atoms with Gasteiger partial charge in [-0.1, -0.05) is 38.1 Å². The SMILES string of the molecule is COCC(C)(C)c1ccc2c(c1)CCC2NC(=O)Nc1cccc2c1cnn2C(=O)O. The molecule has 162 valence electrons. The highest BCUT2D eigenvalue weighted by molar-refractivity contribution is 6.02. The predicted octanol–water partition coefficient (Wildman–Crippen LogP) is 4.30. The smallest absolute Gasteiger partial charge is 0.432 e. The van der Waals surface area contributed by atoms with Crippen LogP contribution in [0.5, 0.6) is 0 Å². The van der Waals surface area contributed by atoms with E-state index in [2.05, 4.69) is 47.8 Å². The van der Waals surface area contributed by atoms with E-state index in [0.29, 0.717) is 23.2 Å². The third-order valence-electron chi connectivity index (χ3n) is 5.86. The quantitative estimate of drug-likeness (QED) is 0.569. The molecular weight excluding hydrogens is 396 g/mol. The Hall–Kier alpha value is -3.39. The number of amides is 2. The van der Waals surface area contributed by atoms with Gasteiger partial charge < -0.3 is 20.5 Å². The number of methoxy groups -OCH3 is 1. The lowest BCUT2D eigenvalue weighted by Crippen LogP contribution is -2.31. The monoisotopic (exact) mass is 422 g/mol. The number of nitrogens with one attached hydrogen (secondary N) is 2. The molecule has 0 bridgehead atoms. The summed E-state index contributed by atoms with van der Waals surface area (Å²) < 4.78 is 6.24. The minimum atomic E-state index is -1.17. The highest BCUT2D eigenvalue weighted by atomic mass is 16.5. The fraction of sp³-hybridized carbons (Fsp3) is 0.348. The first-order valence-corrected chi connectivity index (χ1v) is 10.2. The summed E-state index contributed by atoms with van der Waals surface area (Å²) in [5.41, 5.74) is 4.45. The van der Waals surface area contributed by atoms with E-state index >= 15 is 0 Å². The van der Waals surface area contributed by atoms with Gasteiger partial charge in [0.15, 0.2) is 0 Å². The lowest BCUT2D eigenvalue weighted by molar-refractivity contribution is 0.146. The van der Waals surface area contributed by atoms with Gasteiger partial charge in [-0.25, -0.2) is 9.59 Å². The number of ether oxygens (including phenoxy) is 1. The molecule has 0 radical (unpaired) electrons. The summed E-state index contributed by atoms with van der Waals surface area (Å²) in [5, 5.41) is 19.5. The summed E-state index contributed by atoms with van der Waals surface area (Å²) in [5.74, 6) is 0. The molecule has 1 aromatic heterocycles. The van der Waals surface area contributed by atoms with Gasteiger partial charge in [0, 0.05) is 17.9 Å². The second-order valence-corrected chi connectivity index (χ2v) is 8.50. The van der Waals surface area contributed by atoms with Crippen molar-refractivity contribution in [2.75, 3.05) is 19.0 Å². The normalized spacial score (nSPS) is 15.6. The van der Waals surface area contributed by atoms with Crippen molar-refractivity contribution < 1.29 is 19.4 Å². The summed E-state index contributed by atoms with van der Waals surface area (Å²) in [6, 6.07) is 11.1. The van der Waals surface area contributed by atoms with Gasteiger partial charge in [-0.15, -0.1) is 0 Å². The van der Waals surface area contributed by atoms with Crippen molar-refractivity contribution in [3.63, 3.8) is 0 Å². The number of hydrogen-bond acceptors (Lipinski definition) is 4. The maximum Gasteiger partial charge on any atom is 0.432 e. The molecule has 1 unspecified atom stereocenters. The maximum atomic E-state index is 12.7. The van der Waals surface area contributed by atoms with Crippen molar-refractivity contribution in [1.82, 2.24) is 15.1 Å². The van der Waals surface area contributed by atoms with Crippen LogP contribution in [0.2, 0.25) is 0 Å². The van der Waals surface area contributed by atoms with Gasteiger partial charge in [0.1, 0.15) is 0 Å². The lowest BCUT2D eigenvalue weighted by atomic mass is 9.84. The van der Waals surface area contributed by atoms with E-state index in [1.807, 2.05) is 0 Å². The number of benzene rings is 2. The molecule has 0 spiro atoms. The lowest BCUT2D eigenvalue weighted by Gasteiger charge is -2.25. The van der Waals surface area contributed by atoms with Crippen LogP contribution in [-0.4, -0.2) is 40.7 Å². The Morgan fingerprint density at radius 1 is 1.29 bits per heavy atom. The topological polar surface area (TPSA) is 105 Å². The van der Waals surface area contributed by atoms with Crippen molar-refractivity contribution in [1.29, 1.82) is 0 Å². The average Bonchev–Trinajstić information content (AvgIpc) is 3.32. The average molecular weight is 422 g/mol. The van der Waals surface area contributed by atoms with Crippen molar-refractivity contribution >= 4 is 28.7 Å². The van der Waals surface area contributed by atoms with Crippen LogP contribution in [-0.2, 0) is 16.6 Å². The number of hydrogen-bond donors (Lipinski definition) is 3. The molecule has 0 saturated heterocycles. The van der Waals surface area contributed by atoms with Crippen LogP contribution in [0.15, 0.2) is 42.6 Å². The largest absolute Gasteiger partial charge is 0.463 e. The van der Waals surface area contributed by atoms with Crippen molar-refractivity contribution in [3.8, 4) is 0 Å². The fourth-order valence-corrected chi connectivity index (χ4v) is 4.26. The summed E-state index contributed by atoms with van der Waals surface area (Å²) in [7, 11) is 1.71. The summed E-state index contributed by atoms with van der Waals surface area (Å²) in [4.78, 5) is 24.0. The van der Waals surface area contributed by atoms with E-state index in [4.69, 9.17) is 4.74 Å². The van der Waals surface area contributed by atoms with Crippen LogP contribution in [0, 0.1) is 0 Å². The number of urea groups is 1. The first-order chi connectivity index (χ1) is 14.8. The molecule has 2 aromatic carbocycles. The Labute approximate surface area is 180 Å². The Kier molecular flexibility index (Phi) is 5.41. The van der Waals surface area contributed by atoms with E-state index in [0.717, 1.165) is 23.1 Å². The molecule has 1 atom stereocenters. The molecule has 1 aliphatic carbocycles. The van der Waals surface area contributed by atoms with E-state index in [-0.39, 0.29) is 17.5 Å². The molecule has 0 saturated carbocycles. The second-order valence-electron chi connectivity index (χ2n) is 8.50. The predicted molar refractivity (Wildman–Crippen MR) is 118 cm³/mol. The minimum Gasteiger partial charge on any atom is -0.463 e. The number of anilines is 1. The van der Waals surface area contributed by atoms with Gasteiger partial charge in [-0.05, 0) is 41.7 Å². The van der Waals surface area contributed by atoms with Crippen LogP contribution in [0.1, 0.15) is 43.0 Å². The zero-order valence-corrected chi connectivity index (χ0v) is 17.8. The molecule has 2 amide bonds. The molecule has 8 nitrogen and oxygen atoms in total. The zero-order valence-electron chi connectivity index (χ0n) is 17.8. The van der Waals surface area contributed by atoms with Gasteiger partial charge in [0.25, 0.3) is 0 Å². The maximum absolute atomic E-state index is 12.7. The van der Waals surface area contributed by atoms with E-state index in [1.54, 1.807) is 25.3 Å². The number of carbonyl (C=O) groups excluding carboxylic acids is 1. The van der Waals surface area contributed by atoms with Crippen molar-refractivity contribution in [2.24, 2.45) is 0 Å². The standard InChI is InChI=1S/C23H26N4O4/c1-23(2,13-31-3)15-8-9-16-14(11-15)7-10-19(16)26-21(28)25-18-5-4-6-20-17(18)12-24-27(20)22(29)30/h4-6,8-9,11-12,19H,7,10,13H2,1-3H3,(H,29,30)(H2,25,26,28). The van der Waals surface area contributed by atoms with Gasteiger partial charge in [-0.2, -0.15) is 9.78 Å². The Morgan fingerprint density at radius 3 is 2.84 bits per heavy atom. The fourth-order valence-electron chi connectivity index (χ4n) is 4.26. The van der Waals surface area contributed by atoms with Gasteiger partial charge >= 0.3 is 12.1 Å². The summed E-state index contributed by atoms with van der Waals surface area (Å²) in [6.07, 6.45) is 2.00. The summed E-state index contributed by atoms with van der Waals surface area (Å²) in [6.45, 7) is 4.95.